The molecule has 1 atom stereocenters. The SMILES string of the molecule is Cc1cnc([C@H]2CCCNC2)s1. The van der Waals surface area contributed by atoms with Gasteiger partial charge in [-0.15, -0.1) is 11.3 Å². The average molecular weight is 182 g/mol. The third kappa shape index (κ3) is 1.67. The fourth-order valence-electron chi connectivity index (χ4n) is 1.62. The van der Waals surface area contributed by atoms with Crippen molar-refractivity contribution < 1.29 is 0 Å². The standard InChI is InChI=1S/C9H14N2S/c1-7-5-11-9(12-7)8-3-2-4-10-6-8/h5,8,10H,2-4,6H2,1H3/t8-/m0/s1. The molecule has 0 unspecified atom stereocenters. The first-order valence-electron chi connectivity index (χ1n) is 4.49. The van der Waals surface area contributed by atoms with Gasteiger partial charge in [-0.3, -0.25) is 0 Å². The maximum absolute atomic E-state index is 4.42. The van der Waals surface area contributed by atoms with Crippen LogP contribution in [0.2, 0.25) is 0 Å². The summed E-state index contributed by atoms with van der Waals surface area (Å²) >= 11 is 1.84. The van der Waals surface area contributed by atoms with E-state index < -0.39 is 0 Å². The van der Waals surface area contributed by atoms with Crippen molar-refractivity contribution in [3.05, 3.63) is 16.1 Å². The summed E-state index contributed by atoms with van der Waals surface area (Å²) < 4.78 is 0. The van der Waals surface area contributed by atoms with E-state index in [1.165, 1.54) is 29.3 Å². The first-order chi connectivity index (χ1) is 5.86. The Kier molecular flexibility index (Phi) is 2.42. The molecule has 1 aromatic heterocycles. The zero-order valence-corrected chi connectivity index (χ0v) is 8.16. The van der Waals surface area contributed by atoms with Gasteiger partial charge >= 0.3 is 0 Å². The largest absolute Gasteiger partial charge is 0.316 e. The molecule has 1 aliphatic rings. The highest BCUT2D eigenvalue weighted by Gasteiger charge is 2.17. The van der Waals surface area contributed by atoms with E-state index in [9.17, 15) is 0 Å². The molecule has 1 saturated heterocycles. The lowest BCUT2D eigenvalue weighted by atomic mass is 10.0. The van der Waals surface area contributed by atoms with Crippen molar-refractivity contribution in [3.63, 3.8) is 0 Å². The summed E-state index contributed by atoms with van der Waals surface area (Å²) in [5.74, 6) is 0.678. The van der Waals surface area contributed by atoms with Crippen LogP contribution in [0.3, 0.4) is 0 Å². The lowest BCUT2D eigenvalue weighted by Gasteiger charge is -2.20. The predicted octanol–water partition coefficient (Wildman–Crippen LogP) is 1.92. The van der Waals surface area contributed by atoms with Gasteiger partial charge in [0.05, 0.1) is 5.01 Å². The Bertz CT molecular complexity index is 251. The monoisotopic (exact) mass is 182 g/mol. The van der Waals surface area contributed by atoms with Crippen LogP contribution in [-0.4, -0.2) is 18.1 Å². The minimum absolute atomic E-state index is 0.678. The van der Waals surface area contributed by atoms with Crippen molar-refractivity contribution in [3.8, 4) is 0 Å². The highest BCUT2D eigenvalue weighted by Crippen LogP contribution is 2.26. The van der Waals surface area contributed by atoms with E-state index in [0.29, 0.717) is 5.92 Å². The molecule has 0 aliphatic carbocycles. The summed E-state index contributed by atoms with van der Waals surface area (Å²) in [4.78, 5) is 5.75. The lowest BCUT2D eigenvalue weighted by Crippen LogP contribution is -2.28. The van der Waals surface area contributed by atoms with E-state index in [1.807, 2.05) is 17.5 Å². The third-order valence-corrected chi connectivity index (χ3v) is 3.36. The van der Waals surface area contributed by atoms with Crippen LogP contribution in [0.25, 0.3) is 0 Å². The van der Waals surface area contributed by atoms with E-state index in [2.05, 4.69) is 17.2 Å². The Morgan fingerprint density at radius 3 is 3.17 bits per heavy atom. The number of hydrogen-bond acceptors (Lipinski definition) is 3. The van der Waals surface area contributed by atoms with E-state index >= 15 is 0 Å². The van der Waals surface area contributed by atoms with Crippen LogP contribution < -0.4 is 5.32 Å². The highest BCUT2D eigenvalue weighted by molar-refractivity contribution is 7.11. The second-order valence-corrected chi connectivity index (χ2v) is 4.62. The Hall–Kier alpha value is -0.410. The summed E-state index contributed by atoms with van der Waals surface area (Å²) in [6.45, 7) is 4.42. The molecule has 12 heavy (non-hydrogen) atoms. The molecule has 0 amide bonds. The molecule has 1 aromatic rings. The average Bonchev–Trinajstić information content (AvgIpc) is 2.54. The van der Waals surface area contributed by atoms with Crippen molar-refractivity contribution >= 4 is 11.3 Å². The van der Waals surface area contributed by atoms with Gasteiger partial charge in [0.2, 0.25) is 0 Å². The Morgan fingerprint density at radius 2 is 2.58 bits per heavy atom. The van der Waals surface area contributed by atoms with Gasteiger partial charge in [-0.25, -0.2) is 4.98 Å². The van der Waals surface area contributed by atoms with Gasteiger partial charge in [0, 0.05) is 23.5 Å². The quantitative estimate of drug-likeness (QED) is 0.717. The summed E-state index contributed by atoms with van der Waals surface area (Å²) in [5, 5.41) is 4.73. The molecule has 1 fully saturated rings. The predicted molar refractivity (Wildman–Crippen MR) is 51.7 cm³/mol. The van der Waals surface area contributed by atoms with Crippen molar-refractivity contribution in [2.24, 2.45) is 0 Å². The van der Waals surface area contributed by atoms with E-state index in [4.69, 9.17) is 0 Å². The van der Waals surface area contributed by atoms with Crippen LogP contribution in [-0.2, 0) is 0 Å². The third-order valence-electron chi connectivity index (χ3n) is 2.29. The molecule has 3 heteroatoms. The normalized spacial score (nSPS) is 24.2. The van der Waals surface area contributed by atoms with Crippen molar-refractivity contribution in [2.45, 2.75) is 25.7 Å². The van der Waals surface area contributed by atoms with Gasteiger partial charge < -0.3 is 5.32 Å². The molecule has 2 rings (SSSR count). The molecule has 66 valence electrons. The van der Waals surface area contributed by atoms with Crippen molar-refractivity contribution in [1.82, 2.24) is 10.3 Å². The Balaban J connectivity index is 2.08. The fraction of sp³-hybridized carbons (Fsp3) is 0.667. The number of nitrogens with one attached hydrogen (secondary N) is 1. The fourth-order valence-corrected chi connectivity index (χ4v) is 2.53. The first kappa shape index (κ1) is 8.20. The van der Waals surface area contributed by atoms with E-state index in [-0.39, 0.29) is 0 Å². The van der Waals surface area contributed by atoms with Gasteiger partial charge in [0.15, 0.2) is 0 Å². The number of nitrogens with zero attached hydrogens (tertiary/aromatic N) is 1. The van der Waals surface area contributed by atoms with Gasteiger partial charge in [0.1, 0.15) is 0 Å². The molecule has 0 aromatic carbocycles. The first-order valence-corrected chi connectivity index (χ1v) is 5.31. The summed E-state index contributed by atoms with van der Waals surface area (Å²) in [7, 11) is 0. The maximum Gasteiger partial charge on any atom is 0.0971 e. The number of piperidine rings is 1. The molecular weight excluding hydrogens is 168 g/mol. The molecule has 2 heterocycles. The highest BCUT2D eigenvalue weighted by atomic mass is 32.1. The molecule has 0 bridgehead atoms. The number of rotatable bonds is 1. The number of thiazole rings is 1. The number of aromatic nitrogens is 1. The Labute approximate surface area is 77.0 Å². The van der Waals surface area contributed by atoms with Gasteiger partial charge in [-0.05, 0) is 26.3 Å². The van der Waals surface area contributed by atoms with Gasteiger partial charge in [-0.1, -0.05) is 0 Å². The van der Waals surface area contributed by atoms with Crippen LogP contribution in [0, 0.1) is 6.92 Å². The molecule has 1 N–H and O–H groups in total. The van der Waals surface area contributed by atoms with Crippen molar-refractivity contribution in [1.29, 1.82) is 0 Å². The van der Waals surface area contributed by atoms with Crippen LogP contribution in [0.15, 0.2) is 6.20 Å². The smallest absolute Gasteiger partial charge is 0.0971 e. The van der Waals surface area contributed by atoms with Crippen LogP contribution in [0.5, 0.6) is 0 Å². The minimum Gasteiger partial charge on any atom is -0.316 e. The van der Waals surface area contributed by atoms with Crippen LogP contribution in [0.4, 0.5) is 0 Å². The molecule has 0 saturated carbocycles. The number of aryl methyl sites for hydroxylation is 1. The molecule has 2 nitrogen and oxygen atoms in total. The molecule has 1 aliphatic heterocycles. The second-order valence-electron chi connectivity index (χ2n) is 3.35. The lowest BCUT2D eigenvalue weighted by molar-refractivity contribution is 0.460. The number of hydrogen-bond donors (Lipinski definition) is 1. The molecule has 0 spiro atoms. The van der Waals surface area contributed by atoms with Crippen LogP contribution in [0.1, 0.15) is 28.6 Å². The van der Waals surface area contributed by atoms with Crippen molar-refractivity contribution in [2.75, 3.05) is 13.1 Å². The molecule has 0 radical (unpaired) electrons. The second kappa shape index (κ2) is 3.54. The zero-order valence-electron chi connectivity index (χ0n) is 7.34. The van der Waals surface area contributed by atoms with Gasteiger partial charge in [-0.2, -0.15) is 0 Å². The van der Waals surface area contributed by atoms with Crippen LogP contribution >= 0.6 is 11.3 Å². The van der Waals surface area contributed by atoms with Gasteiger partial charge in [0.25, 0.3) is 0 Å². The topological polar surface area (TPSA) is 24.9 Å². The minimum atomic E-state index is 0.678. The van der Waals surface area contributed by atoms with E-state index in [1.54, 1.807) is 0 Å². The summed E-state index contributed by atoms with van der Waals surface area (Å²) in [5.41, 5.74) is 0. The Morgan fingerprint density at radius 1 is 1.67 bits per heavy atom. The summed E-state index contributed by atoms with van der Waals surface area (Å²) in [6.07, 6.45) is 4.58. The molecular formula is C9H14N2S. The summed E-state index contributed by atoms with van der Waals surface area (Å²) in [6, 6.07) is 0. The maximum atomic E-state index is 4.42. The zero-order chi connectivity index (χ0) is 8.39. The van der Waals surface area contributed by atoms with E-state index in [0.717, 1.165) is 6.54 Å².